The molecule has 2 atom stereocenters. The maximum atomic E-state index is 12.2. The Kier molecular flexibility index (Phi) is 7.11. The molecule has 112 valence electrons. The molecule has 19 heavy (non-hydrogen) atoms. The number of nitrogens with zero attached hydrogens (tertiary/aromatic N) is 1. The van der Waals surface area contributed by atoms with Gasteiger partial charge in [0.1, 0.15) is 6.10 Å². The number of likely N-dealkylation sites (N-methyl/N-ethyl adjacent to an activating group) is 1. The molecule has 5 heteroatoms. The van der Waals surface area contributed by atoms with Crippen LogP contribution in [-0.4, -0.2) is 43.2 Å². The molecule has 2 rings (SSSR count). The number of nitrogens with two attached hydrogens (primary N) is 1. The molecule has 0 unspecified atom stereocenters. The van der Waals surface area contributed by atoms with Crippen molar-refractivity contribution < 1.29 is 9.53 Å². The summed E-state index contributed by atoms with van der Waals surface area (Å²) < 4.78 is 5.67. The van der Waals surface area contributed by atoms with Crippen LogP contribution in [0.4, 0.5) is 0 Å². The lowest BCUT2D eigenvalue weighted by atomic mass is 9.89. The van der Waals surface area contributed by atoms with Gasteiger partial charge < -0.3 is 15.4 Å². The van der Waals surface area contributed by atoms with Crippen LogP contribution in [0.3, 0.4) is 0 Å². The molecule has 0 spiro atoms. The van der Waals surface area contributed by atoms with Crippen molar-refractivity contribution in [1.29, 1.82) is 0 Å². The zero-order valence-electron chi connectivity index (χ0n) is 11.8. The third kappa shape index (κ3) is 4.62. The first kappa shape index (κ1) is 16.7. The fraction of sp³-hybridized carbons (Fsp3) is 0.929. The Morgan fingerprint density at radius 2 is 1.89 bits per heavy atom. The second-order valence-electron chi connectivity index (χ2n) is 5.78. The van der Waals surface area contributed by atoms with Crippen LogP contribution in [0.25, 0.3) is 0 Å². The van der Waals surface area contributed by atoms with Gasteiger partial charge in [0.05, 0.1) is 6.10 Å². The molecule has 2 aliphatic rings. The molecule has 1 saturated carbocycles. The molecule has 1 saturated heterocycles. The number of hydrogen-bond donors (Lipinski definition) is 1. The van der Waals surface area contributed by atoms with Gasteiger partial charge in [-0.1, -0.05) is 19.3 Å². The van der Waals surface area contributed by atoms with Crippen molar-refractivity contribution in [2.45, 2.75) is 57.2 Å². The van der Waals surface area contributed by atoms with Crippen LogP contribution < -0.4 is 5.73 Å². The molecule has 2 fully saturated rings. The summed E-state index contributed by atoms with van der Waals surface area (Å²) in [7, 11) is 1.91. The Hall–Kier alpha value is -0.320. The third-order valence-corrected chi connectivity index (χ3v) is 4.28. The van der Waals surface area contributed by atoms with Crippen molar-refractivity contribution in [3.05, 3.63) is 0 Å². The van der Waals surface area contributed by atoms with Gasteiger partial charge in [-0.25, -0.2) is 0 Å². The van der Waals surface area contributed by atoms with E-state index in [-0.39, 0.29) is 30.5 Å². The first-order chi connectivity index (χ1) is 8.70. The molecule has 0 aromatic heterocycles. The maximum absolute atomic E-state index is 12.2. The van der Waals surface area contributed by atoms with Crippen LogP contribution in [0, 0.1) is 5.92 Å². The summed E-state index contributed by atoms with van der Waals surface area (Å²) in [6.45, 7) is 1.42. The molecule has 1 amide bonds. The quantitative estimate of drug-likeness (QED) is 0.861. The fourth-order valence-corrected chi connectivity index (χ4v) is 3.15. The van der Waals surface area contributed by atoms with Crippen molar-refractivity contribution >= 4 is 18.3 Å². The number of carbonyl (C=O) groups excluding carboxylic acids is 1. The van der Waals surface area contributed by atoms with Gasteiger partial charge in [-0.15, -0.1) is 12.4 Å². The normalized spacial score (nSPS) is 27.9. The lowest BCUT2D eigenvalue weighted by Crippen LogP contribution is -2.40. The number of hydrogen-bond acceptors (Lipinski definition) is 3. The Balaban J connectivity index is 0.00000180. The van der Waals surface area contributed by atoms with Crippen molar-refractivity contribution in [3.8, 4) is 0 Å². The summed E-state index contributed by atoms with van der Waals surface area (Å²) in [6.07, 6.45) is 8.14. The van der Waals surface area contributed by atoms with E-state index in [0.717, 1.165) is 19.4 Å². The topological polar surface area (TPSA) is 55.6 Å². The molecule has 1 heterocycles. The van der Waals surface area contributed by atoms with Crippen molar-refractivity contribution in [2.75, 3.05) is 20.1 Å². The van der Waals surface area contributed by atoms with Crippen LogP contribution >= 0.6 is 12.4 Å². The molecule has 1 aliphatic carbocycles. The van der Waals surface area contributed by atoms with Crippen molar-refractivity contribution in [1.82, 2.24) is 4.90 Å². The highest BCUT2D eigenvalue weighted by Gasteiger charge is 2.32. The van der Waals surface area contributed by atoms with Gasteiger partial charge in [0.2, 0.25) is 0 Å². The van der Waals surface area contributed by atoms with Gasteiger partial charge in [-0.3, -0.25) is 4.79 Å². The van der Waals surface area contributed by atoms with Gasteiger partial charge in [0, 0.05) is 20.1 Å². The molecule has 4 nitrogen and oxygen atoms in total. The van der Waals surface area contributed by atoms with Crippen LogP contribution in [0.5, 0.6) is 0 Å². The molecular formula is C14H27ClN2O2. The third-order valence-electron chi connectivity index (χ3n) is 4.28. The summed E-state index contributed by atoms with van der Waals surface area (Å²) >= 11 is 0. The van der Waals surface area contributed by atoms with E-state index in [1.807, 2.05) is 11.9 Å². The Bertz CT molecular complexity index is 283. The molecule has 0 aromatic rings. The van der Waals surface area contributed by atoms with Crippen molar-refractivity contribution in [2.24, 2.45) is 11.7 Å². The minimum Gasteiger partial charge on any atom is -0.364 e. The maximum Gasteiger partial charge on any atom is 0.251 e. The standard InChI is InChI=1S/C14H26N2O2.ClH/c1-16(10-11-5-3-2-4-6-11)14(17)13-8-7-12(9-15)18-13;/h11-13H,2-10,15H2,1H3;1H/t12-,13+;/m1./s1. The van der Waals surface area contributed by atoms with E-state index in [1.165, 1.54) is 32.1 Å². The highest BCUT2D eigenvalue weighted by Crippen LogP contribution is 2.25. The van der Waals surface area contributed by atoms with E-state index in [1.54, 1.807) is 0 Å². The number of amides is 1. The minimum absolute atomic E-state index is 0. The van der Waals surface area contributed by atoms with Crippen LogP contribution in [0.15, 0.2) is 0 Å². The molecule has 1 aliphatic heterocycles. The van der Waals surface area contributed by atoms with Crippen LogP contribution in [0.2, 0.25) is 0 Å². The van der Waals surface area contributed by atoms with Gasteiger partial charge in [0.25, 0.3) is 5.91 Å². The Labute approximate surface area is 122 Å². The second-order valence-corrected chi connectivity index (χ2v) is 5.78. The van der Waals surface area contributed by atoms with E-state index < -0.39 is 0 Å². The smallest absolute Gasteiger partial charge is 0.251 e. The zero-order valence-corrected chi connectivity index (χ0v) is 12.7. The lowest BCUT2D eigenvalue weighted by Gasteiger charge is -2.28. The number of rotatable bonds is 4. The number of halogens is 1. The van der Waals surface area contributed by atoms with Gasteiger partial charge >= 0.3 is 0 Å². The number of ether oxygens (including phenoxy) is 1. The summed E-state index contributed by atoms with van der Waals surface area (Å²) in [5.41, 5.74) is 5.57. The number of carbonyl (C=O) groups is 1. The summed E-state index contributed by atoms with van der Waals surface area (Å²) in [4.78, 5) is 14.1. The lowest BCUT2D eigenvalue weighted by molar-refractivity contribution is -0.142. The van der Waals surface area contributed by atoms with Crippen molar-refractivity contribution in [3.63, 3.8) is 0 Å². The summed E-state index contributed by atoms with van der Waals surface area (Å²) in [5, 5.41) is 0. The van der Waals surface area contributed by atoms with E-state index in [2.05, 4.69) is 0 Å². The van der Waals surface area contributed by atoms with Crippen LogP contribution in [-0.2, 0) is 9.53 Å². The molecule has 2 N–H and O–H groups in total. The Morgan fingerprint density at radius 1 is 1.21 bits per heavy atom. The largest absolute Gasteiger partial charge is 0.364 e. The minimum atomic E-state index is -0.243. The first-order valence-electron chi connectivity index (χ1n) is 7.31. The van der Waals surface area contributed by atoms with Crippen LogP contribution in [0.1, 0.15) is 44.9 Å². The summed E-state index contributed by atoms with van der Waals surface area (Å²) in [6, 6.07) is 0. The molecule has 0 bridgehead atoms. The molecular weight excluding hydrogens is 264 g/mol. The molecule has 0 aromatic carbocycles. The van der Waals surface area contributed by atoms with Gasteiger partial charge in [-0.2, -0.15) is 0 Å². The van der Waals surface area contributed by atoms with Gasteiger partial charge in [-0.05, 0) is 31.6 Å². The fourth-order valence-electron chi connectivity index (χ4n) is 3.15. The molecule has 0 radical (unpaired) electrons. The SMILES string of the molecule is CN(CC1CCCCC1)C(=O)[C@@H]1CC[C@H](CN)O1.Cl. The van der Waals surface area contributed by atoms with E-state index in [4.69, 9.17) is 10.5 Å². The highest BCUT2D eigenvalue weighted by molar-refractivity contribution is 5.85. The highest BCUT2D eigenvalue weighted by atomic mass is 35.5. The van der Waals surface area contributed by atoms with E-state index in [0.29, 0.717) is 12.5 Å². The predicted octanol–water partition coefficient (Wildman–Crippen LogP) is 1.95. The second kappa shape index (κ2) is 8.08. The zero-order chi connectivity index (χ0) is 13.0. The first-order valence-corrected chi connectivity index (χ1v) is 7.31. The average molecular weight is 291 g/mol. The van der Waals surface area contributed by atoms with E-state index in [9.17, 15) is 4.79 Å². The van der Waals surface area contributed by atoms with E-state index >= 15 is 0 Å². The summed E-state index contributed by atoms with van der Waals surface area (Å²) in [5.74, 6) is 0.843. The van der Waals surface area contributed by atoms with Gasteiger partial charge in [0.15, 0.2) is 0 Å². The predicted molar refractivity (Wildman–Crippen MR) is 78.4 cm³/mol. The Morgan fingerprint density at radius 3 is 2.47 bits per heavy atom. The average Bonchev–Trinajstić information content (AvgIpc) is 2.87. The monoisotopic (exact) mass is 290 g/mol.